The Morgan fingerprint density at radius 1 is 1.39 bits per heavy atom. The predicted octanol–water partition coefficient (Wildman–Crippen LogP) is 2.10. The highest BCUT2D eigenvalue weighted by atomic mass is 16.4. The van der Waals surface area contributed by atoms with Gasteiger partial charge in [0.25, 0.3) is 0 Å². The van der Waals surface area contributed by atoms with Gasteiger partial charge in [0.05, 0.1) is 0 Å². The molecule has 0 aliphatic heterocycles. The molecule has 0 fully saturated rings. The number of aryl methyl sites for hydroxylation is 1. The Morgan fingerprint density at radius 2 is 2.22 bits per heavy atom. The molecule has 0 amide bonds. The van der Waals surface area contributed by atoms with E-state index >= 15 is 0 Å². The minimum atomic E-state index is -1.03. The van der Waals surface area contributed by atoms with Gasteiger partial charge < -0.3 is 10.4 Å². The van der Waals surface area contributed by atoms with Crippen molar-refractivity contribution in [1.82, 2.24) is 9.97 Å². The molecule has 2 aromatic rings. The van der Waals surface area contributed by atoms with Crippen LogP contribution in [0.5, 0.6) is 0 Å². The van der Waals surface area contributed by atoms with Gasteiger partial charge in [-0.05, 0) is 36.2 Å². The van der Waals surface area contributed by atoms with Crippen molar-refractivity contribution < 1.29 is 9.90 Å². The van der Waals surface area contributed by atoms with Crippen LogP contribution in [0.4, 0.5) is 5.69 Å². The molecule has 0 aliphatic rings. The third-order valence-corrected chi connectivity index (χ3v) is 2.61. The summed E-state index contributed by atoms with van der Waals surface area (Å²) in [6, 6.07) is 5.18. The third kappa shape index (κ3) is 2.82. The van der Waals surface area contributed by atoms with Crippen LogP contribution < -0.4 is 5.32 Å². The van der Waals surface area contributed by atoms with Crippen LogP contribution in [-0.4, -0.2) is 21.0 Å². The molecule has 0 spiro atoms. The molecule has 0 bridgehead atoms. The van der Waals surface area contributed by atoms with Crippen molar-refractivity contribution in [1.29, 1.82) is 0 Å². The second-order valence-corrected chi connectivity index (χ2v) is 3.89. The van der Waals surface area contributed by atoms with E-state index in [1.165, 1.54) is 12.3 Å². The topological polar surface area (TPSA) is 75.1 Å². The molecule has 0 atom stereocenters. The van der Waals surface area contributed by atoms with Gasteiger partial charge in [-0.15, -0.1) is 0 Å². The smallest absolute Gasteiger partial charge is 0.354 e. The highest BCUT2D eigenvalue weighted by molar-refractivity contribution is 5.86. The zero-order chi connectivity index (χ0) is 13.0. The SMILES string of the molecule is Cc1ccncc1CNc1ccnc(C(=O)O)c1. The van der Waals surface area contributed by atoms with Crippen molar-refractivity contribution in [3.63, 3.8) is 0 Å². The van der Waals surface area contributed by atoms with Crippen LogP contribution in [-0.2, 0) is 6.54 Å². The van der Waals surface area contributed by atoms with Crippen LogP contribution in [0.2, 0.25) is 0 Å². The lowest BCUT2D eigenvalue weighted by atomic mass is 10.1. The number of rotatable bonds is 4. The lowest BCUT2D eigenvalue weighted by molar-refractivity contribution is 0.0690. The van der Waals surface area contributed by atoms with Crippen LogP contribution in [0.15, 0.2) is 36.8 Å². The summed E-state index contributed by atoms with van der Waals surface area (Å²) in [6.45, 7) is 2.61. The lowest BCUT2D eigenvalue weighted by Gasteiger charge is -2.08. The molecule has 0 aromatic carbocycles. The number of aromatic nitrogens is 2. The summed E-state index contributed by atoms with van der Waals surface area (Å²) < 4.78 is 0. The van der Waals surface area contributed by atoms with E-state index in [0.29, 0.717) is 6.54 Å². The highest BCUT2D eigenvalue weighted by Gasteiger charge is 2.05. The van der Waals surface area contributed by atoms with E-state index in [2.05, 4.69) is 15.3 Å². The number of aromatic carboxylic acids is 1. The summed E-state index contributed by atoms with van der Waals surface area (Å²) in [4.78, 5) is 18.6. The van der Waals surface area contributed by atoms with Gasteiger partial charge in [-0.25, -0.2) is 9.78 Å². The zero-order valence-electron chi connectivity index (χ0n) is 9.92. The Labute approximate surface area is 105 Å². The fourth-order valence-electron chi connectivity index (χ4n) is 1.54. The third-order valence-electron chi connectivity index (χ3n) is 2.61. The van der Waals surface area contributed by atoms with Crippen molar-refractivity contribution in [3.05, 3.63) is 53.6 Å². The van der Waals surface area contributed by atoms with Crippen molar-refractivity contribution >= 4 is 11.7 Å². The number of carbonyl (C=O) groups is 1. The number of hydrogen-bond acceptors (Lipinski definition) is 4. The largest absolute Gasteiger partial charge is 0.477 e. The normalized spacial score (nSPS) is 10.1. The molecule has 5 nitrogen and oxygen atoms in total. The molecule has 92 valence electrons. The molecule has 0 aliphatic carbocycles. The van der Waals surface area contributed by atoms with Crippen molar-refractivity contribution in [2.24, 2.45) is 0 Å². The quantitative estimate of drug-likeness (QED) is 0.860. The Bertz CT molecular complexity index is 570. The maximum absolute atomic E-state index is 10.8. The summed E-state index contributed by atoms with van der Waals surface area (Å²) in [6.07, 6.45) is 5.01. The van der Waals surface area contributed by atoms with Crippen LogP contribution in [0, 0.1) is 6.92 Å². The van der Waals surface area contributed by atoms with Crippen LogP contribution in [0.1, 0.15) is 21.6 Å². The number of nitrogens with one attached hydrogen (secondary N) is 1. The second-order valence-electron chi connectivity index (χ2n) is 3.89. The molecule has 2 N–H and O–H groups in total. The average molecular weight is 243 g/mol. The number of carboxylic acids is 1. The van der Waals surface area contributed by atoms with E-state index in [9.17, 15) is 4.79 Å². The fourth-order valence-corrected chi connectivity index (χ4v) is 1.54. The summed E-state index contributed by atoms with van der Waals surface area (Å²) >= 11 is 0. The van der Waals surface area contributed by atoms with Gasteiger partial charge in [-0.2, -0.15) is 0 Å². The second kappa shape index (κ2) is 5.27. The number of anilines is 1. The fraction of sp³-hybridized carbons (Fsp3) is 0.154. The number of pyridine rings is 2. The van der Waals surface area contributed by atoms with E-state index in [1.807, 2.05) is 13.0 Å². The van der Waals surface area contributed by atoms with Gasteiger partial charge in [-0.3, -0.25) is 4.98 Å². The van der Waals surface area contributed by atoms with E-state index in [4.69, 9.17) is 5.11 Å². The molecular weight excluding hydrogens is 230 g/mol. The minimum Gasteiger partial charge on any atom is -0.477 e. The van der Waals surface area contributed by atoms with Crippen molar-refractivity contribution in [2.45, 2.75) is 13.5 Å². The maximum atomic E-state index is 10.8. The van der Waals surface area contributed by atoms with Crippen LogP contribution in [0.25, 0.3) is 0 Å². The number of carboxylic acid groups (broad SMARTS) is 1. The molecule has 0 saturated carbocycles. The van der Waals surface area contributed by atoms with Gasteiger partial charge in [0.1, 0.15) is 5.69 Å². The van der Waals surface area contributed by atoms with Gasteiger partial charge >= 0.3 is 5.97 Å². The first-order chi connectivity index (χ1) is 8.66. The molecular formula is C13H13N3O2. The first-order valence-electron chi connectivity index (χ1n) is 5.49. The Balaban J connectivity index is 2.09. The van der Waals surface area contributed by atoms with Gasteiger partial charge in [0.2, 0.25) is 0 Å². The monoisotopic (exact) mass is 243 g/mol. The minimum absolute atomic E-state index is 0.0305. The molecule has 0 radical (unpaired) electrons. The predicted molar refractivity (Wildman–Crippen MR) is 67.5 cm³/mol. The summed E-state index contributed by atoms with van der Waals surface area (Å²) in [7, 11) is 0. The summed E-state index contributed by atoms with van der Waals surface area (Å²) in [5, 5.41) is 12.0. The van der Waals surface area contributed by atoms with Crippen LogP contribution >= 0.6 is 0 Å². The Hall–Kier alpha value is -2.43. The number of hydrogen-bond donors (Lipinski definition) is 2. The standard InChI is InChI=1S/C13H13N3O2/c1-9-2-4-14-7-10(9)8-16-11-3-5-15-12(6-11)13(17)18/h2-7H,8H2,1H3,(H,15,16)(H,17,18). The summed E-state index contributed by atoms with van der Waals surface area (Å²) in [5.74, 6) is -1.03. The molecule has 2 heterocycles. The van der Waals surface area contributed by atoms with E-state index in [0.717, 1.165) is 16.8 Å². The average Bonchev–Trinajstić information content (AvgIpc) is 2.38. The molecule has 2 aromatic heterocycles. The maximum Gasteiger partial charge on any atom is 0.354 e. The van der Waals surface area contributed by atoms with E-state index in [1.54, 1.807) is 18.5 Å². The molecule has 18 heavy (non-hydrogen) atoms. The summed E-state index contributed by atoms with van der Waals surface area (Å²) in [5.41, 5.74) is 2.98. The Morgan fingerprint density at radius 3 is 2.94 bits per heavy atom. The van der Waals surface area contributed by atoms with Crippen molar-refractivity contribution in [2.75, 3.05) is 5.32 Å². The number of nitrogens with zero attached hydrogens (tertiary/aromatic N) is 2. The van der Waals surface area contributed by atoms with Crippen LogP contribution in [0.3, 0.4) is 0 Å². The molecule has 5 heteroatoms. The molecule has 2 rings (SSSR count). The highest BCUT2D eigenvalue weighted by Crippen LogP contribution is 2.11. The Kier molecular flexibility index (Phi) is 3.52. The van der Waals surface area contributed by atoms with Crippen molar-refractivity contribution in [3.8, 4) is 0 Å². The van der Waals surface area contributed by atoms with E-state index in [-0.39, 0.29) is 5.69 Å². The zero-order valence-corrected chi connectivity index (χ0v) is 9.92. The molecule has 0 saturated heterocycles. The molecule has 0 unspecified atom stereocenters. The van der Waals surface area contributed by atoms with Gasteiger partial charge in [0, 0.05) is 30.8 Å². The lowest BCUT2D eigenvalue weighted by Crippen LogP contribution is -2.05. The van der Waals surface area contributed by atoms with Gasteiger partial charge in [-0.1, -0.05) is 0 Å². The first kappa shape index (κ1) is 12.0. The van der Waals surface area contributed by atoms with Gasteiger partial charge in [0.15, 0.2) is 0 Å². The first-order valence-corrected chi connectivity index (χ1v) is 5.49. The van der Waals surface area contributed by atoms with E-state index < -0.39 is 5.97 Å².